The molecule has 1 aliphatic heterocycles. The van der Waals surface area contributed by atoms with Gasteiger partial charge in [-0.05, 0) is 48.4 Å². The topological polar surface area (TPSA) is 58.2 Å². The van der Waals surface area contributed by atoms with E-state index in [4.69, 9.17) is 4.74 Å². The zero-order valence-corrected chi connectivity index (χ0v) is 15.2. The summed E-state index contributed by atoms with van der Waals surface area (Å²) in [6.07, 6.45) is 0.813. The third-order valence-electron chi connectivity index (χ3n) is 4.86. The lowest BCUT2D eigenvalue weighted by atomic mass is 9.96. The van der Waals surface area contributed by atoms with Crippen LogP contribution in [0.15, 0.2) is 48.5 Å². The van der Waals surface area contributed by atoms with Crippen LogP contribution in [0.1, 0.15) is 41.0 Å². The van der Waals surface area contributed by atoms with Gasteiger partial charge in [0.05, 0.1) is 18.8 Å². The van der Waals surface area contributed by atoms with Crippen LogP contribution in [-0.4, -0.2) is 34.7 Å². The number of hydrogen-bond donors (Lipinski definition) is 1. The van der Waals surface area contributed by atoms with Crippen molar-refractivity contribution in [3.8, 4) is 17.0 Å². The van der Waals surface area contributed by atoms with Crippen molar-refractivity contribution in [2.75, 3.05) is 13.7 Å². The van der Waals surface area contributed by atoms with E-state index in [1.165, 1.54) is 12.1 Å². The number of carbonyl (C=O) groups is 1. The molecular formula is C21H20FN3O2. The molecule has 0 bridgehead atoms. The van der Waals surface area contributed by atoms with Crippen molar-refractivity contribution in [1.29, 1.82) is 0 Å². The minimum Gasteiger partial charge on any atom is -0.497 e. The standard InChI is InChI=1S/C21H20FN3O2/c1-3-11-25-20(14-5-4-6-15(22)12-14)17-18(23-24-19(17)21(25)26)13-7-9-16(27-2)10-8-13/h4-10,12,20H,3,11H2,1-2H3,(H,23,24). The molecular weight excluding hydrogens is 345 g/mol. The maximum atomic E-state index is 13.9. The number of nitrogens with one attached hydrogen (secondary N) is 1. The smallest absolute Gasteiger partial charge is 0.273 e. The van der Waals surface area contributed by atoms with Crippen molar-refractivity contribution in [3.63, 3.8) is 0 Å². The van der Waals surface area contributed by atoms with Crippen molar-refractivity contribution in [2.45, 2.75) is 19.4 Å². The molecule has 1 aliphatic rings. The first-order chi connectivity index (χ1) is 13.1. The van der Waals surface area contributed by atoms with Gasteiger partial charge in [-0.25, -0.2) is 4.39 Å². The Bertz CT molecular complexity index is 981. The Balaban J connectivity index is 1.86. The van der Waals surface area contributed by atoms with E-state index >= 15 is 0 Å². The van der Waals surface area contributed by atoms with E-state index in [9.17, 15) is 9.18 Å². The number of benzene rings is 2. The number of hydrogen-bond acceptors (Lipinski definition) is 3. The van der Waals surface area contributed by atoms with Crippen molar-refractivity contribution in [2.24, 2.45) is 0 Å². The average molecular weight is 365 g/mol. The minimum absolute atomic E-state index is 0.103. The highest BCUT2D eigenvalue weighted by molar-refractivity contribution is 6.00. The van der Waals surface area contributed by atoms with E-state index in [1.807, 2.05) is 37.3 Å². The number of halogens is 1. The fourth-order valence-electron chi connectivity index (χ4n) is 3.66. The third-order valence-corrected chi connectivity index (χ3v) is 4.86. The van der Waals surface area contributed by atoms with Crippen LogP contribution in [0, 0.1) is 5.82 Å². The first kappa shape index (κ1) is 17.3. The van der Waals surface area contributed by atoms with Crippen LogP contribution in [0.4, 0.5) is 4.39 Å². The number of ether oxygens (including phenoxy) is 1. The van der Waals surface area contributed by atoms with E-state index in [0.29, 0.717) is 17.9 Å². The van der Waals surface area contributed by atoms with Crippen LogP contribution < -0.4 is 4.74 Å². The van der Waals surface area contributed by atoms with Crippen LogP contribution >= 0.6 is 0 Å². The summed E-state index contributed by atoms with van der Waals surface area (Å²) in [4.78, 5) is 14.7. The van der Waals surface area contributed by atoms with Gasteiger partial charge in [-0.2, -0.15) is 5.10 Å². The molecule has 1 N–H and O–H groups in total. The number of nitrogens with zero attached hydrogens (tertiary/aromatic N) is 2. The molecule has 1 aromatic heterocycles. The molecule has 0 spiro atoms. The Labute approximate surface area is 156 Å². The van der Waals surface area contributed by atoms with Gasteiger partial charge in [0.2, 0.25) is 0 Å². The van der Waals surface area contributed by atoms with Crippen molar-refractivity contribution < 1.29 is 13.9 Å². The lowest BCUT2D eigenvalue weighted by Crippen LogP contribution is -2.30. The first-order valence-electron chi connectivity index (χ1n) is 8.93. The molecule has 6 heteroatoms. The van der Waals surface area contributed by atoms with Gasteiger partial charge in [0, 0.05) is 17.7 Å². The SMILES string of the molecule is CCCN1C(=O)c2[nH]nc(-c3ccc(OC)cc3)c2C1c1cccc(F)c1. The summed E-state index contributed by atoms with van der Waals surface area (Å²) in [5, 5.41) is 7.30. The Morgan fingerprint density at radius 2 is 2.00 bits per heavy atom. The maximum Gasteiger partial charge on any atom is 0.273 e. The number of carbonyl (C=O) groups excluding carboxylic acids is 1. The average Bonchev–Trinajstić information content (AvgIpc) is 3.22. The molecule has 1 atom stereocenters. The molecule has 0 aliphatic carbocycles. The third kappa shape index (κ3) is 2.87. The zero-order valence-electron chi connectivity index (χ0n) is 15.2. The largest absolute Gasteiger partial charge is 0.497 e. The number of aromatic nitrogens is 2. The Kier molecular flexibility index (Phi) is 4.39. The van der Waals surface area contributed by atoms with Crippen LogP contribution in [0.2, 0.25) is 0 Å². The molecule has 2 heterocycles. The molecule has 5 nitrogen and oxygen atoms in total. The summed E-state index contributed by atoms with van der Waals surface area (Å²) in [5.74, 6) is 0.323. The molecule has 0 saturated heterocycles. The normalized spacial score (nSPS) is 15.9. The molecule has 0 radical (unpaired) electrons. The first-order valence-corrected chi connectivity index (χ1v) is 8.93. The van der Waals surface area contributed by atoms with E-state index in [1.54, 1.807) is 18.1 Å². The highest BCUT2D eigenvalue weighted by Crippen LogP contribution is 2.43. The number of aromatic amines is 1. The summed E-state index contributed by atoms with van der Waals surface area (Å²) < 4.78 is 19.1. The van der Waals surface area contributed by atoms with Crippen LogP contribution in [0.3, 0.4) is 0 Å². The highest BCUT2D eigenvalue weighted by Gasteiger charge is 2.41. The molecule has 0 fully saturated rings. The van der Waals surface area contributed by atoms with E-state index in [-0.39, 0.29) is 17.8 Å². The van der Waals surface area contributed by atoms with Gasteiger partial charge < -0.3 is 9.64 Å². The van der Waals surface area contributed by atoms with Crippen molar-refractivity contribution in [3.05, 3.63) is 71.2 Å². The maximum absolute atomic E-state index is 13.9. The van der Waals surface area contributed by atoms with Crippen LogP contribution in [-0.2, 0) is 0 Å². The van der Waals surface area contributed by atoms with Crippen LogP contribution in [0.25, 0.3) is 11.3 Å². The number of H-pyrrole nitrogens is 1. The molecule has 0 saturated carbocycles. The molecule has 138 valence electrons. The summed E-state index contributed by atoms with van der Waals surface area (Å²) in [7, 11) is 1.61. The minimum atomic E-state index is -0.362. The molecule has 1 unspecified atom stereocenters. The lowest BCUT2D eigenvalue weighted by Gasteiger charge is -2.26. The Morgan fingerprint density at radius 3 is 2.67 bits per heavy atom. The molecule has 1 amide bonds. The second kappa shape index (κ2) is 6.87. The molecule has 2 aromatic carbocycles. The van der Waals surface area contributed by atoms with Gasteiger partial charge in [0.25, 0.3) is 5.91 Å². The Hall–Kier alpha value is -3.15. The van der Waals surface area contributed by atoms with Gasteiger partial charge in [0.15, 0.2) is 0 Å². The highest BCUT2D eigenvalue weighted by atomic mass is 19.1. The summed E-state index contributed by atoms with van der Waals surface area (Å²) >= 11 is 0. The van der Waals surface area contributed by atoms with Gasteiger partial charge in [-0.3, -0.25) is 9.89 Å². The van der Waals surface area contributed by atoms with Gasteiger partial charge in [-0.1, -0.05) is 19.1 Å². The second-order valence-electron chi connectivity index (χ2n) is 6.55. The second-order valence-corrected chi connectivity index (χ2v) is 6.55. The van der Waals surface area contributed by atoms with E-state index in [0.717, 1.165) is 28.9 Å². The predicted molar refractivity (Wildman–Crippen MR) is 100 cm³/mol. The van der Waals surface area contributed by atoms with Crippen molar-refractivity contribution >= 4 is 5.91 Å². The summed E-state index contributed by atoms with van der Waals surface area (Å²) in [6, 6.07) is 13.6. The number of rotatable bonds is 5. The fourth-order valence-corrected chi connectivity index (χ4v) is 3.66. The fraction of sp³-hybridized carbons (Fsp3) is 0.238. The molecule has 27 heavy (non-hydrogen) atoms. The molecule has 3 aromatic rings. The van der Waals surface area contributed by atoms with E-state index < -0.39 is 0 Å². The van der Waals surface area contributed by atoms with Gasteiger partial charge >= 0.3 is 0 Å². The number of amides is 1. The van der Waals surface area contributed by atoms with E-state index in [2.05, 4.69) is 10.2 Å². The summed E-state index contributed by atoms with van der Waals surface area (Å²) in [5.41, 5.74) is 3.59. The monoisotopic (exact) mass is 365 g/mol. The van der Waals surface area contributed by atoms with Gasteiger partial charge in [-0.15, -0.1) is 0 Å². The summed E-state index contributed by atoms with van der Waals surface area (Å²) in [6.45, 7) is 2.61. The van der Waals surface area contributed by atoms with Crippen molar-refractivity contribution in [1.82, 2.24) is 15.1 Å². The van der Waals surface area contributed by atoms with Crippen LogP contribution in [0.5, 0.6) is 5.75 Å². The van der Waals surface area contributed by atoms with Gasteiger partial charge in [0.1, 0.15) is 17.3 Å². The predicted octanol–water partition coefficient (Wildman–Crippen LogP) is 4.18. The number of methoxy groups -OCH3 is 1. The zero-order chi connectivity index (χ0) is 19.0. The Morgan fingerprint density at radius 1 is 1.22 bits per heavy atom. The molecule has 4 rings (SSSR count). The number of fused-ring (bicyclic) bond motifs is 1. The lowest BCUT2D eigenvalue weighted by molar-refractivity contribution is 0.0743. The quantitative estimate of drug-likeness (QED) is 0.738.